The summed E-state index contributed by atoms with van der Waals surface area (Å²) in [6.07, 6.45) is 16.6. The SMILES string of the molecule is CC(C=CCC1CCC2=C3C(CCC21)C(C)(C)C=CC3(C)C)=CC(=O)O. The van der Waals surface area contributed by atoms with Crippen LogP contribution in [0.15, 0.2) is 47.1 Å². The van der Waals surface area contributed by atoms with Crippen molar-refractivity contribution in [2.75, 3.05) is 0 Å². The molecule has 3 atom stereocenters. The fraction of sp³-hybridized carbons (Fsp3) is 0.625. The first kappa shape index (κ1) is 19.2. The topological polar surface area (TPSA) is 37.3 Å². The molecular weight excluding hydrogens is 320 g/mol. The van der Waals surface area contributed by atoms with Gasteiger partial charge in [-0.2, -0.15) is 0 Å². The first-order valence-corrected chi connectivity index (χ1v) is 10.1. The second kappa shape index (κ2) is 6.87. The molecule has 3 aliphatic carbocycles. The van der Waals surface area contributed by atoms with Crippen molar-refractivity contribution in [3.63, 3.8) is 0 Å². The molecule has 1 saturated carbocycles. The van der Waals surface area contributed by atoms with E-state index in [0.717, 1.165) is 23.8 Å². The lowest BCUT2D eigenvalue weighted by Crippen LogP contribution is -2.38. The fourth-order valence-electron chi connectivity index (χ4n) is 5.66. The van der Waals surface area contributed by atoms with E-state index < -0.39 is 5.97 Å². The summed E-state index contributed by atoms with van der Waals surface area (Å²) in [5.74, 6) is 1.28. The minimum absolute atomic E-state index is 0.194. The Kier molecular flexibility index (Phi) is 5.07. The summed E-state index contributed by atoms with van der Waals surface area (Å²) in [5.41, 5.74) is 4.80. The molecule has 1 fully saturated rings. The molecule has 0 spiro atoms. The van der Waals surface area contributed by atoms with Gasteiger partial charge in [0.1, 0.15) is 0 Å². The van der Waals surface area contributed by atoms with Crippen molar-refractivity contribution in [2.24, 2.45) is 28.6 Å². The zero-order chi connectivity index (χ0) is 19.1. The Morgan fingerprint density at radius 2 is 1.92 bits per heavy atom. The summed E-state index contributed by atoms with van der Waals surface area (Å²) in [4.78, 5) is 10.7. The molecule has 0 bridgehead atoms. The maximum atomic E-state index is 10.7. The minimum Gasteiger partial charge on any atom is -0.478 e. The highest BCUT2D eigenvalue weighted by Gasteiger charge is 2.47. The quantitative estimate of drug-likeness (QED) is 0.364. The first-order valence-electron chi connectivity index (χ1n) is 10.1. The van der Waals surface area contributed by atoms with Crippen LogP contribution in [0, 0.1) is 28.6 Å². The van der Waals surface area contributed by atoms with Crippen molar-refractivity contribution >= 4 is 5.97 Å². The largest absolute Gasteiger partial charge is 0.478 e. The smallest absolute Gasteiger partial charge is 0.328 e. The highest BCUT2D eigenvalue weighted by Crippen LogP contribution is 2.59. The van der Waals surface area contributed by atoms with Crippen LogP contribution < -0.4 is 0 Å². The predicted molar refractivity (Wildman–Crippen MR) is 108 cm³/mol. The second-order valence-electron chi connectivity index (χ2n) is 9.72. The van der Waals surface area contributed by atoms with E-state index >= 15 is 0 Å². The van der Waals surface area contributed by atoms with Crippen molar-refractivity contribution in [3.8, 4) is 0 Å². The molecule has 26 heavy (non-hydrogen) atoms. The Balaban J connectivity index is 1.81. The third-order valence-corrected chi connectivity index (χ3v) is 6.95. The molecular formula is C24H34O2. The minimum atomic E-state index is -0.867. The maximum absolute atomic E-state index is 10.7. The van der Waals surface area contributed by atoms with Crippen LogP contribution in [-0.4, -0.2) is 11.1 Å². The van der Waals surface area contributed by atoms with Gasteiger partial charge in [-0.1, -0.05) is 63.1 Å². The summed E-state index contributed by atoms with van der Waals surface area (Å²) in [6.45, 7) is 11.4. The van der Waals surface area contributed by atoms with Crippen molar-refractivity contribution < 1.29 is 9.90 Å². The van der Waals surface area contributed by atoms with Gasteiger partial charge in [0.15, 0.2) is 0 Å². The van der Waals surface area contributed by atoms with Gasteiger partial charge in [0.2, 0.25) is 0 Å². The number of hydrogen-bond acceptors (Lipinski definition) is 1. The van der Waals surface area contributed by atoms with E-state index in [1.165, 1.54) is 31.8 Å². The van der Waals surface area contributed by atoms with Crippen LogP contribution in [0.1, 0.15) is 66.7 Å². The molecule has 2 nitrogen and oxygen atoms in total. The summed E-state index contributed by atoms with van der Waals surface area (Å²) in [5, 5.41) is 8.83. The highest BCUT2D eigenvalue weighted by atomic mass is 16.4. The number of hydrogen-bond donors (Lipinski definition) is 1. The Morgan fingerprint density at radius 3 is 2.62 bits per heavy atom. The van der Waals surface area contributed by atoms with E-state index in [1.54, 1.807) is 11.1 Å². The van der Waals surface area contributed by atoms with E-state index in [-0.39, 0.29) is 10.8 Å². The van der Waals surface area contributed by atoms with Crippen LogP contribution in [-0.2, 0) is 4.79 Å². The third kappa shape index (κ3) is 3.61. The lowest BCUT2D eigenvalue weighted by molar-refractivity contribution is -0.131. The van der Waals surface area contributed by atoms with Crippen molar-refractivity contribution in [2.45, 2.75) is 66.7 Å². The van der Waals surface area contributed by atoms with E-state index in [4.69, 9.17) is 5.11 Å². The number of fused-ring (bicyclic) bond motifs is 2. The molecule has 0 aromatic rings. The van der Waals surface area contributed by atoms with Crippen LogP contribution in [0.5, 0.6) is 0 Å². The first-order chi connectivity index (χ1) is 12.1. The Bertz CT molecular complexity index is 700. The average molecular weight is 355 g/mol. The molecule has 3 unspecified atom stereocenters. The molecule has 0 heterocycles. The zero-order valence-electron chi connectivity index (χ0n) is 17.0. The van der Waals surface area contributed by atoms with Crippen molar-refractivity contribution in [3.05, 3.63) is 47.1 Å². The molecule has 142 valence electrons. The number of allylic oxidation sites excluding steroid dienone is 7. The van der Waals surface area contributed by atoms with Gasteiger partial charge in [0, 0.05) is 11.5 Å². The van der Waals surface area contributed by atoms with Crippen LogP contribution in [0.25, 0.3) is 0 Å². The number of carboxylic acid groups (broad SMARTS) is 1. The van der Waals surface area contributed by atoms with Gasteiger partial charge >= 0.3 is 5.97 Å². The molecule has 0 aliphatic heterocycles. The fourth-order valence-corrected chi connectivity index (χ4v) is 5.66. The van der Waals surface area contributed by atoms with E-state index in [9.17, 15) is 4.79 Å². The van der Waals surface area contributed by atoms with Crippen LogP contribution >= 0.6 is 0 Å². The Morgan fingerprint density at radius 1 is 1.19 bits per heavy atom. The van der Waals surface area contributed by atoms with Gasteiger partial charge in [-0.15, -0.1) is 0 Å². The molecule has 3 rings (SSSR count). The van der Waals surface area contributed by atoms with Gasteiger partial charge in [-0.25, -0.2) is 4.79 Å². The van der Waals surface area contributed by atoms with Gasteiger partial charge in [0.05, 0.1) is 0 Å². The standard InChI is InChI=1S/C24H34O2/c1-16(15-21(25)26)7-6-8-17-9-10-19-18(17)11-12-20-22(19)24(4,5)14-13-23(20,2)3/h6-7,13-15,17-18,20H,8-12H2,1-5H3,(H,25,26). The molecule has 0 radical (unpaired) electrons. The number of carboxylic acids is 1. The maximum Gasteiger partial charge on any atom is 0.328 e. The molecule has 2 heteroatoms. The summed E-state index contributed by atoms with van der Waals surface area (Å²) < 4.78 is 0. The monoisotopic (exact) mass is 354 g/mol. The average Bonchev–Trinajstić information content (AvgIpc) is 2.94. The summed E-state index contributed by atoms with van der Waals surface area (Å²) in [6, 6.07) is 0. The van der Waals surface area contributed by atoms with Gasteiger partial charge in [0.25, 0.3) is 0 Å². The second-order valence-corrected chi connectivity index (χ2v) is 9.72. The Hall–Kier alpha value is -1.57. The number of aliphatic carboxylic acids is 1. The molecule has 0 saturated heterocycles. The molecule has 3 aliphatic rings. The zero-order valence-corrected chi connectivity index (χ0v) is 17.0. The molecule has 0 aromatic carbocycles. The third-order valence-electron chi connectivity index (χ3n) is 6.95. The normalized spacial score (nSPS) is 32.7. The molecule has 1 N–H and O–H groups in total. The van der Waals surface area contributed by atoms with Gasteiger partial charge < -0.3 is 5.11 Å². The van der Waals surface area contributed by atoms with Crippen LogP contribution in [0.4, 0.5) is 0 Å². The van der Waals surface area contributed by atoms with Gasteiger partial charge in [-0.3, -0.25) is 0 Å². The predicted octanol–water partition coefficient (Wildman–Crippen LogP) is 6.32. The lowest BCUT2D eigenvalue weighted by Gasteiger charge is -2.49. The lowest BCUT2D eigenvalue weighted by atomic mass is 9.56. The summed E-state index contributed by atoms with van der Waals surface area (Å²) >= 11 is 0. The number of carbonyl (C=O) groups is 1. The van der Waals surface area contributed by atoms with E-state index in [2.05, 4.69) is 45.9 Å². The van der Waals surface area contributed by atoms with E-state index in [0.29, 0.717) is 5.92 Å². The van der Waals surface area contributed by atoms with E-state index in [1.807, 2.05) is 13.0 Å². The van der Waals surface area contributed by atoms with Gasteiger partial charge in [-0.05, 0) is 67.8 Å². The Labute approximate surface area is 158 Å². The van der Waals surface area contributed by atoms with Crippen molar-refractivity contribution in [1.29, 1.82) is 0 Å². The van der Waals surface area contributed by atoms with Crippen molar-refractivity contribution in [1.82, 2.24) is 0 Å². The van der Waals surface area contributed by atoms with Crippen LogP contribution in [0.3, 0.4) is 0 Å². The molecule has 0 amide bonds. The van der Waals surface area contributed by atoms with Crippen LogP contribution in [0.2, 0.25) is 0 Å². The summed E-state index contributed by atoms with van der Waals surface area (Å²) in [7, 11) is 0. The highest BCUT2D eigenvalue weighted by molar-refractivity contribution is 5.81. The number of rotatable bonds is 4. The molecule has 0 aromatic heterocycles.